The lowest BCUT2D eigenvalue weighted by molar-refractivity contribution is 0.311. The minimum Gasteiger partial charge on any atom is -0.313 e. The van der Waals surface area contributed by atoms with Gasteiger partial charge in [0, 0.05) is 11.6 Å². The second-order valence-corrected chi connectivity index (χ2v) is 4.33. The summed E-state index contributed by atoms with van der Waals surface area (Å²) in [5.74, 6) is -9.68. The average Bonchev–Trinajstić information content (AvgIpc) is 2.42. The van der Waals surface area contributed by atoms with Crippen LogP contribution in [-0.2, 0) is 0 Å². The summed E-state index contributed by atoms with van der Waals surface area (Å²) in [4.78, 5) is 0. The molecule has 6 heteroatoms. The summed E-state index contributed by atoms with van der Waals surface area (Å²) in [6.07, 6.45) is 1.11. The van der Waals surface area contributed by atoms with Gasteiger partial charge in [-0.1, -0.05) is 26.7 Å². The molecule has 0 bridgehead atoms. The standard InChI is InChI=1S/C13H16F5N/c1-4-6(5-2)13(19-3)7-8(14)10(16)12(18)11(17)9(7)15/h6,13,19H,4-5H2,1-3H3. The molecule has 0 radical (unpaired) electrons. The van der Waals surface area contributed by atoms with E-state index >= 15 is 0 Å². The van der Waals surface area contributed by atoms with Crippen LogP contribution in [0.2, 0.25) is 0 Å². The fraction of sp³-hybridized carbons (Fsp3) is 0.538. The van der Waals surface area contributed by atoms with E-state index in [0.717, 1.165) is 0 Å². The van der Waals surface area contributed by atoms with Crippen LogP contribution < -0.4 is 5.32 Å². The molecule has 0 aliphatic rings. The molecule has 0 saturated carbocycles. The second kappa shape index (κ2) is 6.32. The fourth-order valence-corrected chi connectivity index (χ4v) is 2.27. The smallest absolute Gasteiger partial charge is 0.200 e. The van der Waals surface area contributed by atoms with E-state index in [1.54, 1.807) is 13.8 Å². The summed E-state index contributed by atoms with van der Waals surface area (Å²) in [7, 11) is 1.43. The zero-order valence-corrected chi connectivity index (χ0v) is 11.0. The van der Waals surface area contributed by atoms with Crippen LogP contribution in [-0.4, -0.2) is 7.05 Å². The van der Waals surface area contributed by atoms with Crippen molar-refractivity contribution in [1.82, 2.24) is 5.32 Å². The number of rotatable bonds is 5. The summed E-state index contributed by atoms with van der Waals surface area (Å²) < 4.78 is 66.8. The van der Waals surface area contributed by atoms with Gasteiger partial charge in [0.05, 0.1) is 0 Å². The van der Waals surface area contributed by atoms with Crippen molar-refractivity contribution in [3.05, 3.63) is 34.6 Å². The maximum Gasteiger partial charge on any atom is 0.200 e. The van der Waals surface area contributed by atoms with Gasteiger partial charge < -0.3 is 5.32 Å². The fourth-order valence-electron chi connectivity index (χ4n) is 2.27. The van der Waals surface area contributed by atoms with Crippen LogP contribution in [0.4, 0.5) is 22.0 Å². The van der Waals surface area contributed by atoms with Crippen molar-refractivity contribution in [3.8, 4) is 0 Å². The van der Waals surface area contributed by atoms with Gasteiger partial charge in [-0.05, 0) is 13.0 Å². The Hall–Kier alpha value is -1.17. The third-order valence-electron chi connectivity index (χ3n) is 3.39. The van der Waals surface area contributed by atoms with Crippen LogP contribution in [0.5, 0.6) is 0 Å². The highest BCUT2D eigenvalue weighted by molar-refractivity contribution is 5.27. The first-order chi connectivity index (χ1) is 8.90. The van der Waals surface area contributed by atoms with E-state index in [2.05, 4.69) is 5.32 Å². The number of benzene rings is 1. The lowest BCUT2D eigenvalue weighted by atomic mass is 9.88. The Morgan fingerprint density at radius 1 is 0.789 bits per heavy atom. The molecule has 0 aliphatic carbocycles. The van der Waals surface area contributed by atoms with Gasteiger partial charge in [-0.3, -0.25) is 0 Å². The van der Waals surface area contributed by atoms with Crippen LogP contribution in [0.25, 0.3) is 0 Å². The van der Waals surface area contributed by atoms with Crippen molar-refractivity contribution in [2.45, 2.75) is 32.7 Å². The molecule has 0 saturated heterocycles. The molecule has 0 spiro atoms. The van der Waals surface area contributed by atoms with Crippen molar-refractivity contribution >= 4 is 0 Å². The summed E-state index contributed by atoms with van der Waals surface area (Å²) in [6.45, 7) is 3.59. The lowest BCUT2D eigenvalue weighted by Gasteiger charge is -2.26. The minimum absolute atomic E-state index is 0.224. The van der Waals surface area contributed by atoms with Gasteiger partial charge in [0.15, 0.2) is 23.3 Å². The highest BCUT2D eigenvalue weighted by Gasteiger charge is 2.32. The zero-order chi connectivity index (χ0) is 14.7. The predicted molar refractivity (Wildman–Crippen MR) is 62.1 cm³/mol. The van der Waals surface area contributed by atoms with Crippen molar-refractivity contribution in [2.75, 3.05) is 7.05 Å². The molecule has 108 valence electrons. The monoisotopic (exact) mass is 281 g/mol. The molecule has 1 unspecified atom stereocenters. The Balaban J connectivity index is 3.48. The number of nitrogens with one attached hydrogen (secondary N) is 1. The minimum atomic E-state index is -2.13. The van der Waals surface area contributed by atoms with Gasteiger partial charge in [-0.2, -0.15) is 0 Å². The Morgan fingerprint density at radius 3 is 1.47 bits per heavy atom. The first-order valence-corrected chi connectivity index (χ1v) is 6.09. The second-order valence-electron chi connectivity index (χ2n) is 4.33. The van der Waals surface area contributed by atoms with E-state index < -0.39 is 40.7 Å². The molecule has 1 nitrogen and oxygen atoms in total. The molecule has 0 fully saturated rings. The quantitative estimate of drug-likeness (QED) is 0.487. The first kappa shape index (κ1) is 15.9. The van der Waals surface area contributed by atoms with Gasteiger partial charge in [-0.25, -0.2) is 22.0 Å². The highest BCUT2D eigenvalue weighted by atomic mass is 19.2. The molecule has 19 heavy (non-hydrogen) atoms. The van der Waals surface area contributed by atoms with Crippen molar-refractivity contribution in [1.29, 1.82) is 0 Å². The third kappa shape index (κ3) is 2.73. The number of halogens is 5. The van der Waals surface area contributed by atoms with Crippen LogP contribution in [0.3, 0.4) is 0 Å². The summed E-state index contributed by atoms with van der Waals surface area (Å²) >= 11 is 0. The molecule has 0 aliphatic heterocycles. The normalized spacial score (nSPS) is 13.1. The lowest BCUT2D eigenvalue weighted by Crippen LogP contribution is -2.28. The Morgan fingerprint density at radius 2 is 1.16 bits per heavy atom. The van der Waals surface area contributed by atoms with Gasteiger partial charge in [0.25, 0.3) is 0 Å². The molecular formula is C13H16F5N. The van der Waals surface area contributed by atoms with E-state index in [9.17, 15) is 22.0 Å². The molecule has 1 atom stereocenters. The van der Waals surface area contributed by atoms with E-state index in [-0.39, 0.29) is 5.92 Å². The van der Waals surface area contributed by atoms with E-state index in [1.165, 1.54) is 7.05 Å². The first-order valence-electron chi connectivity index (χ1n) is 6.09. The molecule has 1 aromatic carbocycles. The van der Waals surface area contributed by atoms with Gasteiger partial charge >= 0.3 is 0 Å². The van der Waals surface area contributed by atoms with Crippen molar-refractivity contribution in [2.24, 2.45) is 5.92 Å². The van der Waals surface area contributed by atoms with E-state index in [0.29, 0.717) is 12.8 Å². The van der Waals surface area contributed by atoms with E-state index in [1.807, 2.05) is 0 Å². The van der Waals surface area contributed by atoms with Crippen LogP contribution >= 0.6 is 0 Å². The molecule has 1 rings (SSSR count). The predicted octanol–water partition coefficient (Wildman–Crippen LogP) is 4.08. The molecule has 1 aromatic rings. The summed E-state index contributed by atoms with van der Waals surface area (Å²) in [5.41, 5.74) is -0.785. The zero-order valence-electron chi connectivity index (χ0n) is 11.0. The summed E-state index contributed by atoms with van der Waals surface area (Å²) in [5, 5.41) is 2.64. The molecular weight excluding hydrogens is 265 g/mol. The Labute approximate surface area is 108 Å². The largest absolute Gasteiger partial charge is 0.313 e. The maximum atomic E-state index is 13.7. The molecule has 0 heterocycles. The SMILES string of the molecule is CCC(CC)C(NC)c1c(F)c(F)c(F)c(F)c1F. The summed E-state index contributed by atoms with van der Waals surface area (Å²) in [6, 6.07) is -0.917. The molecule has 0 aromatic heterocycles. The van der Waals surface area contributed by atoms with Gasteiger partial charge in [0.2, 0.25) is 5.82 Å². The van der Waals surface area contributed by atoms with Crippen LogP contribution in [0.1, 0.15) is 38.3 Å². The van der Waals surface area contributed by atoms with Crippen LogP contribution in [0.15, 0.2) is 0 Å². The Bertz CT molecular complexity index is 428. The van der Waals surface area contributed by atoms with Crippen molar-refractivity contribution < 1.29 is 22.0 Å². The number of hydrogen-bond donors (Lipinski definition) is 1. The topological polar surface area (TPSA) is 12.0 Å². The van der Waals surface area contributed by atoms with Gasteiger partial charge in [0.1, 0.15) is 0 Å². The van der Waals surface area contributed by atoms with Gasteiger partial charge in [-0.15, -0.1) is 0 Å². The maximum absolute atomic E-state index is 13.7. The Kier molecular flexibility index (Phi) is 5.29. The third-order valence-corrected chi connectivity index (χ3v) is 3.39. The van der Waals surface area contributed by atoms with Crippen molar-refractivity contribution in [3.63, 3.8) is 0 Å². The number of hydrogen-bond acceptors (Lipinski definition) is 1. The highest BCUT2D eigenvalue weighted by Crippen LogP contribution is 2.33. The van der Waals surface area contributed by atoms with Crippen LogP contribution in [0, 0.1) is 35.0 Å². The van der Waals surface area contributed by atoms with E-state index in [4.69, 9.17) is 0 Å². The average molecular weight is 281 g/mol. The molecule has 1 N–H and O–H groups in total. The molecule has 0 amide bonds.